The Bertz CT molecular complexity index is 607. The molecule has 2 amide bonds. The number of rotatable bonds is 6. The summed E-state index contributed by atoms with van der Waals surface area (Å²) in [5.41, 5.74) is 2.00. The highest BCUT2D eigenvalue weighted by atomic mass is 35.5. The SMILES string of the molecule is O=C(NCCF)NCC(c1ccccc1)c1ccccc1Cl. The molecule has 0 radical (unpaired) electrons. The molecule has 0 aromatic heterocycles. The molecule has 0 aliphatic rings. The third-order valence-corrected chi connectivity index (χ3v) is 3.67. The van der Waals surface area contributed by atoms with Gasteiger partial charge >= 0.3 is 6.03 Å². The van der Waals surface area contributed by atoms with Gasteiger partial charge in [-0.15, -0.1) is 0 Å². The van der Waals surface area contributed by atoms with E-state index in [-0.39, 0.29) is 18.5 Å². The zero-order valence-corrected chi connectivity index (χ0v) is 12.8. The lowest BCUT2D eigenvalue weighted by molar-refractivity contribution is 0.239. The standard InChI is InChI=1S/C17H18ClFN2O/c18-16-9-5-4-8-14(16)15(13-6-2-1-3-7-13)12-21-17(22)20-11-10-19/h1-9,15H,10-12H2,(H2,20,21,22). The van der Waals surface area contributed by atoms with Crippen LogP contribution in [0.15, 0.2) is 54.6 Å². The molecule has 2 rings (SSSR count). The van der Waals surface area contributed by atoms with Crippen molar-refractivity contribution in [1.82, 2.24) is 10.6 Å². The van der Waals surface area contributed by atoms with Crippen molar-refractivity contribution in [1.29, 1.82) is 0 Å². The third-order valence-electron chi connectivity index (χ3n) is 3.33. The van der Waals surface area contributed by atoms with Gasteiger partial charge in [-0.1, -0.05) is 60.1 Å². The summed E-state index contributed by atoms with van der Waals surface area (Å²) in [4.78, 5) is 11.6. The zero-order chi connectivity index (χ0) is 15.8. The van der Waals surface area contributed by atoms with Crippen LogP contribution >= 0.6 is 11.6 Å². The minimum absolute atomic E-state index is 0.00787. The van der Waals surface area contributed by atoms with Crippen LogP contribution in [0.2, 0.25) is 5.02 Å². The number of nitrogens with one attached hydrogen (secondary N) is 2. The lowest BCUT2D eigenvalue weighted by Crippen LogP contribution is -2.38. The maximum absolute atomic E-state index is 12.1. The molecule has 0 saturated heterocycles. The van der Waals surface area contributed by atoms with Crippen LogP contribution in [0, 0.1) is 0 Å². The summed E-state index contributed by atoms with van der Waals surface area (Å²) >= 11 is 6.29. The van der Waals surface area contributed by atoms with Crippen molar-refractivity contribution >= 4 is 17.6 Å². The predicted octanol–water partition coefficient (Wildman–Crippen LogP) is 3.74. The van der Waals surface area contributed by atoms with Crippen LogP contribution in [-0.2, 0) is 0 Å². The van der Waals surface area contributed by atoms with Gasteiger partial charge in [0.1, 0.15) is 6.67 Å². The zero-order valence-electron chi connectivity index (χ0n) is 12.1. The fourth-order valence-electron chi connectivity index (χ4n) is 2.27. The molecule has 0 bridgehead atoms. The minimum Gasteiger partial charge on any atom is -0.337 e. The molecule has 22 heavy (non-hydrogen) atoms. The van der Waals surface area contributed by atoms with Gasteiger partial charge in [0, 0.05) is 24.0 Å². The lowest BCUT2D eigenvalue weighted by Gasteiger charge is -2.20. The maximum Gasteiger partial charge on any atom is 0.314 e. The number of alkyl halides is 1. The maximum atomic E-state index is 12.1. The highest BCUT2D eigenvalue weighted by Crippen LogP contribution is 2.29. The van der Waals surface area contributed by atoms with E-state index in [1.54, 1.807) is 0 Å². The van der Waals surface area contributed by atoms with Crippen LogP contribution < -0.4 is 10.6 Å². The van der Waals surface area contributed by atoms with Gasteiger partial charge in [-0.05, 0) is 17.2 Å². The van der Waals surface area contributed by atoms with Crippen LogP contribution in [0.5, 0.6) is 0 Å². The Morgan fingerprint density at radius 3 is 2.41 bits per heavy atom. The summed E-state index contributed by atoms with van der Waals surface area (Å²) in [6.07, 6.45) is 0. The van der Waals surface area contributed by atoms with Crippen molar-refractivity contribution in [3.05, 3.63) is 70.7 Å². The Morgan fingerprint density at radius 1 is 1.05 bits per heavy atom. The molecule has 0 aliphatic carbocycles. The molecule has 1 unspecified atom stereocenters. The predicted molar refractivity (Wildman–Crippen MR) is 87.1 cm³/mol. The fourth-order valence-corrected chi connectivity index (χ4v) is 2.54. The van der Waals surface area contributed by atoms with Gasteiger partial charge < -0.3 is 10.6 Å². The molecule has 0 aliphatic heterocycles. The number of carbonyl (C=O) groups excluding carboxylic acids is 1. The molecular weight excluding hydrogens is 303 g/mol. The molecule has 3 nitrogen and oxygen atoms in total. The highest BCUT2D eigenvalue weighted by Gasteiger charge is 2.17. The highest BCUT2D eigenvalue weighted by molar-refractivity contribution is 6.31. The van der Waals surface area contributed by atoms with Gasteiger partial charge in [-0.2, -0.15) is 0 Å². The number of hydrogen-bond donors (Lipinski definition) is 2. The van der Waals surface area contributed by atoms with Crippen LogP contribution in [0.4, 0.5) is 9.18 Å². The second kappa shape index (κ2) is 8.39. The van der Waals surface area contributed by atoms with Crippen LogP contribution in [0.1, 0.15) is 17.0 Å². The topological polar surface area (TPSA) is 41.1 Å². The van der Waals surface area contributed by atoms with Crippen molar-refractivity contribution in [3.8, 4) is 0 Å². The van der Waals surface area contributed by atoms with Crippen molar-refractivity contribution in [2.24, 2.45) is 0 Å². The lowest BCUT2D eigenvalue weighted by atomic mass is 9.91. The molecule has 116 valence electrons. The van der Waals surface area contributed by atoms with E-state index in [1.807, 2.05) is 54.6 Å². The van der Waals surface area contributed by atoms with E-state index in [0.717, 1.165) is 11.1 Å². The van der Waals surface area contributed by atoms with E-state index in [9.17, 15) is 9.18 Å². The summed E-state index contributed by atoms with van der Waals surface area (Å²) in [5, 5.41) is 5.87. The van der Waals surface area contributed by atoms with Gasteiger partial charge in [0.25, 0.3) is 0 Å². The van der Waals surface area contributed by atoms with E-state index >= 15 is 0 Å². The van der Waals surface area contributed by atoms with Gasteiger partial charge in [0.15, 0.2) is 0 Å². The molecule has 2 N–H and O–H groups in total. The summed E-state index contributed by atoms with van der Waals surface area (Å²) in [6.45, 7) is -0.195. The molecule has 5 heteroatoms. The Hall–Kier alpha value is -2.07. The molecule has 0 fully saturated rings. The first-order chi connectivity index (χ1) is 10.7. The van der Waals surface area contributed by atoms with Crippen LogP contribution in [0.25, 0.3) is 0 Å². The van der Waals surface area contributed by atoms with Crippen LogP contribution in [0.3, 0.4) is 0 Å². The van der Waals surface area contributed by atoms with Crippen LogP contribution in [-0.4, -0.2) is 25.8 Å². The third kappa shape index (κ3) is 4.46. The van der Waals surface area contributed by atoms with E-state index in [0.29, 0.717) is 11.6 Å². The quantitative estimate of drug-likeness (QED) is 0.836. The Morgan fingerprint density at radius 2 is 1.73 bits per heavy atom. The number of hydrogen-bond acceptors (Lipinski definition) is 1. The number of halogens is 2. The number of benzene rings is 2. The normalized spacial score (nSPS) is 11.7. The molecule has 0 heterocycles. The van der Waals surface area contributed by atoms with Gasteiger partial charge in [0.05, 0.1) is 0 Å². The van der Waals surface area contributed by atoms with E-state index in [1.165, 1.54) is 0 Å². The molecule has 0 saturated carbocycles. The van der Waals surface area contributed by atoms with Crippen molar-refractivity contribution in [3.63, 3.8) is 0 Å². The van der Waals surface area contributed by atoms with Gasteiger partial charge in [-0.25, -0.2) is 9.18 Å². The Labute approximate surface area is 134 Å². The molecule has 2 aromatic rings. The second-order valence-corrected chi connectivity index (χ2v) is 5.22. The minimum atomic E-state index is -0.583. The molecule has 1 atom stereocenters. The first-order valence-electron chi connectivity index (χ1n) is 7.09. The van der Waals surface area contributed by atoms with E-state index < -0.39 is 6.67 Å². The Balaban J connectivity index is 2.17. The monoisotopic (exact) mass is 320 g/mol. The average Bonchev–Trinajstić information content (AvgIpc) is 2.55. The number of urea groups is 1. The average molecular weight is 321 g/mol. The first kappa shape index (κ1) is 16.3. The van der Waals surface area contributed by atoms with Crippen molar-refractivity contribution in [2.45, 2.75) is 5.92 Å². The van der Waals surface area contributed by atoms with Gasteiger partial charge in [0.2, 0.25) is 0 Å². The summed E-state index contributed by atoms with van der Waals surface area (Å²) in [5.74, 6) is -0.0639. The first-order valence-corrected chi connectivity index (χ1v) is 7.47. The second-order valence-electron chi connectivity index (χ2n) is 4.81. The fraction of sp³-hybridized carbons (Fsp3) is 0.235. The molecule has 0 spiro atoms. The molecule has 2 aromatic carbocycles. The summed E-state index contributed by atoms with van der Waals surface area (Å²) in [6, 6.07) is 17.0. The smallest absolute Gasteiger partial charge is 0.314 e. The van der Waals surface area contributed by atoms with Crippen molar-refractivity contribution in [2.75, 3.05) is 19.8 Å². The molecular formula is C17H18ClFN2O. The van der Waals surface area contributed by atoms with Gasteiger partial charge in [-0.3, -0.25) is 0 Å². The Kier molecular flexibility index (Phi) is 6.22. The summed E-state index contributed by atoms with van der Waals surface area (Å²) in [7, 11) is 0. The van der Waals surface area contributed by atoms with E-state index in [4.69, 9.17) is 11.6 Å². The van der Waals surface area contributed by atoms with Crippen molar-refractivity contribution < 1.29 is 9.18 Å². The largest absolute Gasteiger partial charge is 0.337 e. The van der Waals surface area contributed by atoms with E-state index in [2.05, 4.69) is 10.6 Å². The summed E-state index contributed by atoms with van der Waals surface area (Å²) < 4.78 is 12.1. The number of amides is 2. The number of carbonyl (C=O) groups is 1.